The van der Waals surface area contributed by atoms with Gasteiger partial charge in [0.2, 0.25) is 0 Å². The third-order valence-electron chi connectivity index (χ3n) is 4.98. The number of hydrogen-bond acceptors (Lipinski definition) is 3. The van der Waals surface area contributed by atoms with Crippen molar-refractivity contribution in [2.45, 2.75) is 66.0 Å². The van der Waals surface area contributed by atoms with Crippen molar-refractivity contribution in [2.24, 2.45) is 5.41 Å². The summed E-state index contributed by atoms with van der Waals surface area (Å²) < 4.78 is 0. The number of hydrogen-bond donors (Lipinski definition) is 2. The zero-order valence-corrected chi connectivity index (χ0v) is 19.5. The third kappa shape index (κ3) is 7.29. The zero-order chi connectivity index (χ0) is 23.2. The molecule has 0 bridgehead atoms. The Morgan fingerprint density at radius 2 is 1.71 bits per heavy atom. The molecule has 0 aliphatic heterocycles. The van der Waals surface area contributed by atoms with E-state index in [0.29, 0.717) is 6.42 Å². The minimum atomic E-state index is -0.841. The highest BCUT2D eigenvalue weighted by molar-refractivity contribution is 5.89. The molecular weight excluding hydrogens is 388 g/mol. The Labute approximate surface area is 185 Å². The summed E-state index contributed by atoms with van der Waals surface area (Å²) in [6.07, 6.45) is 2.99. The van der Waals surface area contributed by atoms with Gasteiger partial charge in [-0.3, -0.25) is 4.79 Å². The molecule has 2 aromatic rings. The van der Waals surface area contributed by atoms with E-state index in [1.807, 2.05) is 62.5 Å². The van der Waals surface area contributed by atoms with Gasteiger partial charge in [-0.15, -0.1) is 0 Å². The lowest BCUT2D eigenvalue weighted by atomic mass is 9.82. The lowest BCUT2D eigenvalue weighted by molar-refractivity contribution is -0.129. The van der Waals surface area contributed by atoms with Crippen molar-refractivity contribution in [1.29, 1.82) is 5.26 Å². The van der Waals surface area contributed by atoms with E-state index in [4.69, 9.17) is 0 Å². The summed E-state index contributed by atoms with van der Waals surface area (Å²) in [4.78, 5) is 26.8. The van der Waals surface area contributed by atoms with Gasteiger partial charge in [0.25, 0.3) is 5.91 Å². The predicted octanol–water partition coefficient (Wildman–Crippen LogP) is 4.59. The van der Waals surface area contributed by atoms with Crippen LogP contribution < -0.4 is 10.6 Å². The average Bonchev–Trinajstić information content (AvgIpc) is 2.65. The minimum absolute atomic E-state index is 0.0386. The van der Waals surface area contributed by atoms with E-state index >= 15 is 0 Å². The van der Waals surface area contributed by atoms with Gasteiger partial charge in [0.1, 0.15) is 6.04 Å². The molecule has 0 heterocycles. The normalized spacial score (nSPS) is 12.7. The second-order valence-corrected chi connectivity index (χ2v) is 9.84. The SMILES string of the molecule is CCN(C#N)C(=O)C(Cc1ccc2ccccc2c1)NC(=O)NC(C)(C)CC(C)(C)C. The largest absolute Gasteiger partial charge is 0.333 e. The van der Waals surface area contributed by atoms with Crippen LogP contribution in [0.2, 0.25) is 0 Å². The van der Waals surface area contributed by atoms with Crippen LogP contribution in [0, 0.1) is 16.9 Å². The topological polar surface area (TPSA) is 85.2 Å². The molecule has 6 heteroatoms. The first-order chi connectivity index (χ1) is 14.4. The highest BCUT2D eigenvalue weighted by Gasteiger charge is 2.30. The van der Waals surface area contributed by atoms with Crippen LogP contribution in [0.5, 0.6) is 0 Å². The zero-order valence-electron chi connectivity index (χ0n) is 19.5. The van der Waals surface area contributed by atoms with Crippen LogP contribution in [-0.4, -0.2) is 35.0 Å². The molecule has 1 atom stereocenters. The van der Waals surface area contributed by atoms with E-state index in [9.17, 15) is 14.9 Å². The fraction of sp³-hybridized carbons (Fsp3) is 0.480. The maximum Gasteiger partial charge on any atom is 0.315 e. The number of nitrogens with zero attached hydrogens (tertiary/aromatic N) is 2. The Hall–Kier alpha value is -3.07. The average molecular weight is 423 g/mol. The Balaban J connectivity index is 2.22. The molecule has 0 aliphatic carbocycles. The number of likely N-dealkylation sites (N-methyl/N-ethyl adjacent to an activating group) is 1. The van der Waals surface area contributed by atoms with Crippen molar-refractivity contribution in [3.8, 4) is 6.19 Å². The van der Waals surface area contributed by atoms with Crippen molar-refractivity contribution >= 4 is 22.7 Å². The molecule has 1 unspecified atom stereocenters. The van der Waals surface area contributed by atoms with E-state index < -0.39 is 23.5 Å². The highest BCUT2D eigenvalue weighted by atomic mass is 16.2. The van der Waals surface area contributed by atoms with Gasteiger partial charge in [-0.05, 0) is 48.9 Å². The van der Waals surface area contributed by atoms with Gasteiger partial charge in [-0.25, -0.2) is 9.69 Å². The van der Waals surface area contributed by atoms with Crippen LogP contribution >= 0.6 is 0 Å². The molecule has 0 radical (unpaired) electrons. The lowest BCUT2D eigenvalue weighted by Gasteiger charge is -2.34. The summed E-state index contributed by atoms with van der Waals surface area (Å²) in [5.41, 5.74) is 0.510. The number of nitrogens with one attached hydrogen (secondary N) is 2. The molecule has 0 saturated heterocycles. The maximum atomic E-state index is 13.0. The van der Waals surface area contributed by atoms with Gasteiger partial charge < -0.3 is 10.6 Å². The monoisotopic (exact) mass is 422 g/mol. The first-order valence-electron chi connectivity index (χ1n) is 10.7. The first-order valence-corrected chi connectivity index (χ1v) is 10.7. The van der Waals surface area contributed by atoms with Gasteiger partial charge in [0.05, 0.1) is 0 Å². The smallest absolute Gasteiger partial charge is 0.315 e. The standard InChI is InChI=1S/C25H34N4O2/c1-7-29(17-26)22(30)21(27-23(31)28-25(5,6)16-24(2,3)4)15-18-12-13-19-10-8-9-11-20(19)14-18/h8-14,21H,7,15-16H2,1-6H3,(H2,27,28,31). The molecule has 0 aromatic heterocycles. The van der Waals surface area contributed by atoms with E-state index in [0.717, 1.165) is 27.7 Å². The molecule has 31 heavy (non-hydrogen) atoms. The number of urea groups is 1. The minimum Gasteiger partial charge on any atom is -0.333 e. The molecule has 0 saturated carbocycles. The van der Waals surface area contributed by atoms with E-state index in [-0.39, 0.29) is 12.0 Å². The third-order valence-corrected chi connectivity index (χ3v) is 4.98. The fourth-order valence-electron chi connectivity index (χ4n) is 4.14. The maximum absolute atomic E-state index is 13.0. The van der Waals surface area contributed by atoms with Crippen LogP contribution in [0.25, 0.3) is 10.8 Å². The molecule has 2 aromatic carbocycles. The van der Waals surface area contributed by atoms with Crippen LogP contribution in [0.15, 0.2) is 42.5 Å². The molecule has 2 rings (SSSR count). The second kappa shape index (κ2) is 9.82. The summed E-state index contributed by atoms with van der Waals surface area (Å²) >= 11 is 0. The predicted molar refractivity (Wildman–Crippen MR) is 124 cm³/mol. The lowest BCUT2D eigenvalue weighted by Crippen LogP contribution is -2.56. The van der Waals surface area contributed by atoms with E-state index in [1.165, 1.54) is 0 Å². The molecule has 2 N–H and O–H groups in total. The molecule has 0 fully saturated rings. The van der Waals surface area contributed by atoms with E-state index in [2.05, 4.69) is 31.4 Å². The van der Waals surface area contributed by atoms with Crippen molar-refractivity contribution in [2.75, 3.05) is 6.54 Å². The number of carbonyl (C=O) groups excluding carboxylic acids is 2. The summed E-state index contributed by atoms with van der Waals surface area (Å²) in [6.45, 7) is 12.3. The summed E-state index contributed by atoms with van der Waals surface area (Å²) in [6, 6.07) is 12.7. The van der Waals surface area contributed by atoms with E-state index in [1.54, 1.807) is 6.92 Å². The Kier molecular flexibility index (Phi) is 7.67. The van der Waals surface area contributed by atoms with Gasteiger partial charge in [-0.1, -0.05) is 63.2 Å². The Morgan fingerprint density at radius 3 is 2.29 bits per heavy atom. The van der Waals surface area contributed by atoms with Crippen molar-refractivity contribution < 1.29 is 9.59 Å². The van der Waals surface area contributed by atoms with Crippen molar-refractivity contribution in [1.82, 2.24) is 15.5 Å². The molecular formula is C25H34N4O2. The Bertz CT molecular complexity index is 969. The van der Waals surface area contributed by atoms with Crippen LogP contribution in [0.4, 0.5) is 4.79 Å². The molecule has 0 aliphatic rings. The van der Waals surface area contributed by atoms with Crippen molar-refractivity contribution in [3.05, 3.63) is 48.0 Å². The fourth-order valence-corrected chi connectivity index (χ4v) is 4.14. The van der Waals surface area contributed by atoms with Gasteiger partial charge in [0.15, 0.2) is 6.19 Å². The Morgan fingerprint density at radius 1 is 1.06 bits per heavy atom. The summed E-state index contributed by atoms with van der Waals surface area (Å²) in [7, 11) is 0. The number of amides is 3. The number of carbonyl (C=O) groups is 2. The second-order valence-electron chi connectivity index (χ2n) is 9.84. The van der Waals surface area contributed by atoms with Gasteiger partial charge in [-0.2, -0.15) is 5.26 Å². The summed E-state index contributed by atoms with van der Waals surface area (Å²) in [5.74, 6) is -0.415. The number of rotatable bonds is 7. The molecule has 166 valence electrons. The first kappa shape index (κ1) is 24.2. The molecule has 3 amide bonds. The number of benzene rings is 2. The van der Waals surface area contributed by atoms with Crippen LogP contribution in [0.1, 0.15) is 53.5 Å². The van der Waals surface area contributed by atoms with Crippen molar-refractivity contribution in [3.63, 3.8) is 0 Å². The number of fused-ring (bicyclic) bond motifs is 1. The van der Waals surface area contributed by atoms with Crippen LogP contribution in [0.3, 0.4) is 0 Å². The molecule has 6 nitrogen and oxygen atoms in total. The van der Waals surface area contributed by atoms with Gasteiger partial charge >= 0.3 is 6.03 Å². The highest BCUT2D eigenvalue weighted by Crippen LogP contribution is 2.26. The molecule has 0 spiro atoms. The number of nitriles is 1. The van der Waals surface area contributed by atoms with Crippen LogP contribution in [-0.2, 0) is 11.2 Å². The summed E-state index contributed by atoms with van der Waals surface area (Å²) in [5, 5.41) is 17.3. The quantitative estimate of drug-likeness (QED) is 0.505. The van der Waals surface area contributed by atoms with Gasteiger partial charge in [0, 0.05) is 18.5 Å².